The monoisotopic (exact) mass is 210 g/mol. The van der Waals surface area contributed by atoms with Crippen molar-refractivity contribution < 1.29 is 0 Å². The molecule has 0 nitrogen and oxygen atoms in total. The van der Waals surface area contributed by atoms with Crippen LogP contribution in [0.4, 0.5) is 0 Å². The minimum Gasteiger partial charge on any atom is -0.0925 e. The van der Waals surface area contributed by atoms with Crippen LogP contribution in [0.25, 0.3) is 6.08 Å². The molecular weight excluding hydrogens is 200 g/mol. The van der Waals surface area contributed by atoms with Crippen LogP contribution in [0.3, 0.4) is 0 Å². The molecule has 0 unspecified atom stereocenters. The molecule has 1 aromatic rings. The molecule has 0 radical (unpaired) electrons. The van der Waals surface area contributed by atoms with Crippen LogP contribution in [-0.2, 0) is 0 Å². The van der Waals surface area contributed by atoms with Crippen LogP contribution in [0.1, 0.15) is 12.0 Å². The Kier molecular flexibility index (Phi) is 3.99. The van der Waals surface area contributed by atoms with Crippen LogP contribution in [0.15, 0.2) is 36.4 Å². The van der Waals surface area contributed by atoms with E-state index in [9.17, 15) is 0 Å². The van der Waals surface area contributed by atoms with Gasteiger partial charge >= 0.3 is 0 Å². The molecule has 0 N–H and O–H groups in total. The van der Waals surface area contributed by atoms with Crippen molar-refractivity contribution in [3.63, 3.8) is 0 Å². The Hall–Kier alpha value is -0.560. The van der Waals surface area contributed by atoms with Gasteiger partial charge in [0, 0.05) is 5.33 Å². The zero-order valence-electron chi connectivity index (χ0n) is 6.33. The fraction of sp³-hybridized carbons (Fsp3) is 0.200. The Morgan fingerprint density at radius 1 is 1.18 bits per heavy atom. The second-order valence-electron chi connectivity index (χ2n) is 2.29. The minimum atomic E-state index is 1.04. The summed E-state index contributed by atoms with van der Waals surface area (Å²) >= 11 is 3.37. The van der Waals surface area contributed by atoms with Crippen molar-refractivity contribution in [1.82, 2.24) is 0 Å². The quantitative estimate of drug-likeness (QED) is 0.671. The number of rotatable bonds is 3. The zero-order chi connectivity index (χ0) is 7.94. The number of hydrogen-bond donors (Lipinski definition) is 0. The molecule has 0 aliphatic carbocycles. The van der Waals surface area contributed by atoms with Crippen LogP contribution in [0.5, 0.6) is 0 Å². The summed E-state index contributed by atoms with van der Waals surface area (Å²) in [5.41, 5.74) is 1.27. The summed E-state index contributed by atoms with van der Waals surface area (Å²) in [4.78, 5) is 0. The molecule has 0 aliphatic heterocycles. The lowest BCUT2D eigenvalue weighted by atomic mass is 10.2. The molecule has 11 heavy (non-hydrogen) atoms. The lowest BCUT2D eigenvalue weighted by Crippen LogP contribution is -1.69. The van der Waals surface area contributed by atoms with Crippen LogP contribution in [-0.4, -0.2) is 5.33 Å². The van der Waals surface area contributed by atoms with E-state index in [-0.39, 0.29) is 0 Å². The Balaban J connectivity index is 2.50. The van der Waals surface area contributed by atoms with Gasteiger partial charge in [0.25, 0.3) is 0 Å². The highest BCUT2D eigenvalue weighted by molar-refractivity contribution is 9.09. The van der Waals surface area contributed by atoms with E-state index in [2.05, 4.69) is 40.2 Å². The molecule has 0 aliphatic rings. The zero-order valence-corrected chi connectivity index (χ0v) is 7.92. The van der Waals surface area contributed by atoms with E-state index in [4.69, 9.17) is 0 Å². The van der Waals surface area contributed by atoms with Crippen LogP contribution in [0, 0.1) is 0 Å². The van der Waals surface area contributed by atoms with Gasteiger partial charge < -0.3 is 0 Å². The summed E-state index contributed by atoms with van der Waals surface area (Å²) in [5.74, 6) is 0. The van der Waals surface area contributed by atoms with E-state index in [0.717, 1.165) is 11.8 Å². The molecule has 0 fully saturated rings. The Labute approximate surface area is 76.1 Å². The first kappa shape index (κ1) is 8.54. The molecule has 58 valence electrons. The predicted octanol–water partition coefficient (Wildman–Crippen LogP) is 3.48. The highest BCUT2D eigenvalue weighted by Gasteiger charge is 1.80. The number of halogens is 1. The normalized spacial score (nSPS) is 10.6. The molecule has 0 heterocycles. The molecule has 0 aromatic heterocycles. The van der Waals surface area contributed by atoms with Gasteiger partial charge in [0.1, 0.15) is 0 Å². The third-order valence-corrected chi connectivity index (χ3v) is 1.84. The Bertz CT molecular complexity index is 214. The van der Waals surface area contributed by atoms with Crippen LogP contribution >= 0.6 is 15.9 Å². The van der Waals surface area contributed by atoms with E-state index in [1.165, 1.54) is 5.56 Å². The van der Waals surface area contributed by atoms with Gasteiger partial charge in [0.2, 0.25) is 0 Å². The van der Waals surface area contributed by atoms with Crippen molar-refractivity contribution in [1.29, 1.82) is 0 Å². The summed E-state index contributed by atoms with van der Waals surface area (Å²) in [5, 5.41) is 1.04. The maximum atomic E-state index is 3.37. The predicted molar refractivity (Wildman–Crippen MR) is 53.9 cm³/mol. The lowest BCUT2D eigenvalue weighted by molar-refractivity contribution is 1.27. The van der Waals surface area contributed by atoms with Gasteiger partial charge in [-0.05, 0) is 12.0 Å². The SMILES string of the molecule is BrCCC=Cc1ccccc1. The van der Waals surface area contributed by atoms with E-state index in [0.29, 0.717) is 0 Å². The average molecular weight is 211 g/mol. The highest BCUT2D eigenvalue weighted by Crippen LogP contribution is 2.02. The van der Waals surface area contributed by atoms with Gasteiger partial charge in [-0.15, -0.1) is 0 Å². The topological polar surface area (TPSA) is 0 Å². The third kappa shape index (κ3) is 3.38. The first-order valence-corrected chi connectivity index (χ1v) is 4.83. The van der Waals surface area contributed by atoms with E-state index in [1.54, 1.807) is 0 Å². The largest absolute Gasteiger partial charge is 0.0925 e. The van der Waals surface area contributed by atoms with Gasteiger partial charge in [-0.1, -0.05) is 58.4 Å². The molecule has 0 saturated carbocycles. The second-order valence-corrected chi connectivity index (χ2v) is 3.08. The van der Waals surface area contributed by atoms with Gasteiger partial charge in [-0.3, -0.25) is 0 Å². The molecule has 0 atom stereocenters. The fourth-order valence-corrected chi connectivity index (χ4v) is 1.11. The fourth-order valence-electron chi connectivity index (χ4n) is 0.847. The average Bonchev–Trinajstić information content (AvgIpc) is 2.07. The summed E-state index contributed by atoms with van der Waals surface area (Å²) in [7, 11) is 0. The number of hydrogen-bond acceptors (Lipinski definition) is 0. The number of allylic oxidation sites excluding steroid dienone is 1. The van der Waals surface area contributed by atoms with Gasteiger partial charge in [0.15, 0.2) is 0 Å². The smallest absolute Gasteiger partial charge is 0.00660 e. The summed E-state index contributed by atoms with van der Waals surface area (Å²) in [6.07, 6.45) is 5.40. The van der Waals surface area contributed by atoms with Gasteiger partial charge in [-0.25, -0.2) is 0 Å². The molecule has 1 heteroatoms. The molecular formula is C10H11Br. The minimum absolute atomic E-state index is 1.04. The highest BCUT2D eigenvalue weighted by atomic mass is 79.9. The Morgan fingerprint density at radius 3 is 2.55 bits per heavy atom. The molecule has 0 spiro atoms. The summed E-state index contributed by atoms with van der Waals surface area (Å²) in [6, 6.07) is 10.3. The lowest BCUT2D eigenvalue weighted by Gasteiger charge is -1.89. The standard InChI is InChI=1S/C10H11Br/c11-9-5-4-8-10-6-2-1-3-7-10/h1-4,6-8H,5,9H2. The van der Waals surface area contributed by atoms with Crippen LogP contribution < -0.4 is 0 Å². The maximum absolute atomic E-state index is 3.37. The van der Waals surface area contributed by atoms with Crippen molar-refractivity contribution in [2.75, 3.05) is 5.33 Å². The Morgan fingerprint density at radius 2 is 1.91 bits per heavy atom. The van der Waals surface area contributed by atoms with Gasteiger partial charge in [0.05, 0.1) is 0 Å². The van der Waals surface area contributed by atoms with E-state index >= 15 is 0 Å². The number of alkyl halides is 1. The second kappa shape index (κ2) is 5.14. The van der Waals surface area contributed by atoms with Crippen molar-refractivity contribution in [2.24, 2.45) is 0 Å². The number of benzene rings is 1. The first-order valence-electron chi connectivity index (χ1n) is 3.71. The molecule has 0 bridgehead atoms. The molecule has 1 aromatic carbocycles. The molecule has 1 rings (SSSR count). The van der Waals surface area contributed by atoms with Crippen molar-refractivity contribution in [3.05, 3.63) is 42.0 Å². The van der Waals surface area contributed by atoms with Gasteiger partial charge in [-0.2, -0.15) is 0 Å². The van der Waals surface area contributed by atoms with Crippen molar-refractivity contribution in [2.45, 2.75) is 6.42 Å². The summed E-state index contributed by atoms with van der Waals surface area (Å²) < 4.78 is 0. The molecule has 0 amide bonds. The molecule has 0 saturated heterocycles. The third-order valence-electron chi connectivity index (χ3n) is 1.39. The van der Waals surface area contributed by atoms with Crippen molar-refractivity contribution in [3.8, 4) is 0 Å². The van der Waals surface area contributed by atoms with E-state index in [1.807, 2.05) is 18.2 Å². The maximum Gasteiger partial charge on any atom is 0.00660 e. The van der Waals surface area contributed by atoms with Crippen molar-refractivity contribution >= 4 is 22.0 Å². The summed E-state index contributed by atoms with van der Waals surface area (Å²) in [6.45, 7) is 0. The van der Waals surface area contributed by atoms with E-state index < -0.39 is 0 Å². The first-order chi connectivity index (χ1) is 5.43. The van der Waals surface area contributed by atoms with Crippen LogP contribution in [0.2, 0.25) is 0 Å².